The fourth-order valence-corrected chi connectivity index (χ4v) is 1.45. The molecular weight excluding hydrogens is 232 g/mol. The summed E-state index contributed by atoms with van der Waals surface area (Å²) in [6.07, 6.45) is 0. The van der Waals surface area contributed by atoms with Crippen LogP contribution in [0.15, 0.2) is 24.3 Å². The number of primary amides is 1. The van der Waals surface area contributed by atoms with Crippen LogP contribution in [-0.2, 0) is 9.59 Å². The quantitative estimate of drug-likeness (QED) is 0.758. The van der Waals surface area contributed by atoms with Crippen LogP contribution in [-0.4, -0.2) is 36.9 Å². The fraction of sp³-hybridized carbons (Fsp3) is 0.250. The minimum Gasteiger partial charge on any atom is -0.369 e. The second-order valence-corrected chi connectivity index (χ2v) is 3.84. The Hall–Kier alpha value is -2.39. The number of para-hydroxylation sites is 1. The maximum Gasteiger partial charge on any atom is 0.238 e. The summed E-state index contributed by atoms with van der Waals surface area (Å²) in [5.74, 6) is -0.802. The summed E-state index contributed by atoms with van der Waals surface area (Å²) in [7, 11) is 1.61. The van der Waals surface area contributed by atoms with E-state index in [0.717, 1.165) is 0 Å². The molecule has 6 heteroatoms. The van der Waals surface area contributed by atoms with Gasteiger partial charge in [0.2, 0.25) is 11.8 Å². The molecule has 1 aromatic carbocycles. The molecule has 0 bridgehead atoms. The first-order valence-corrected chi connectivity index (χ1v) is 5.28. The summed E-state index contributed by atoms with van der Waals surface area (Å²) in [6, 6.07) is 8.68. The molecule has 6 nitrogen and oxygen atoms in total. The van der Waals surface area contributed by atoms with Crippen molar-refractivity contribution in [2.24, 2.45) is 5.73 Å². The molecule has 0 aliphatic rings. The van der Waals surface area contributed by atoms with Crippen molar-refractivity contribution in [3.8, 4) is 6.07 Å². The van der Waals surface area contributed by atoms with Gasteiger partial charge >= 0.3 is 0 Å². The summed E-state index contributed by atoms with van der Waals surface area (Å²) < 4.78 is 0. The van der Waals surface area contributed by atoms with Crippen LogP contribution in [0, 0.1) is 11.3 Å². The number of hydrogen-bond acceptors (Lipinski definition) is 4. The van der Waals surface area contributed by atoms with Crippen molar-refractivity contribution in [3.05, 3.63) is 29.8 Å². The minimum atomic E-state index is -0.497. The fourth-order valence-electron chi connectivity index (χ4n) is 1.45. The van der Waals surface area contributed by atoms with Gasteiger partial charge in [0.25, 0.3) is 0 Å². The van der Waals surface area contributed by atoms with Crippen molar-refractivity contribution >= 4 is 17.5 Å². The Labute approximate surface area is 105 Å². The van der Waals surface area contributed by atoms with Gasteiger partial charge in [-0.15, -0.1) is 0 Å². The molecule has 0 atom stereocenters. The second-order valence-electron chi connectivity index (χ2n) is 3.84. The van der Waals surface area contributed by atoms with Crippen LogP contribution >= 0.6 is 0 Å². The lowest BCUT2D eigenvalue weighted by Crippen LogP contribution is -2.36. The van der Waals surface area contributed by atoms with Crippen LogP contribution in [0.4, 0.5) is 5.69 Å². The molecule has 0 aliphatic carbocycles. The van der Waals surface area contributed by atoms with E-state index in [1.807, 2.05) is 6.07 Å². The molecule has 0 aliphatic heterocycles. The van der Waals surface area contributed by atoms with Gasteiger partial charge < -0.3 is 11.1 Å². The number of nitrogens with one attached hydrogen (secondary N) is 1. The number of nitrogens with zero attached hydrogens (tertiary/aromatic N) is 2. The largest absolute Gasteiger partial charge is 0.369 e. The van der Waals surface area contributed by atoms with Gasteiger partial charge in [-0.3, -0.25) is 14.5 Å². The summed E-state index contributed by atoms with van der Waals surface area (Å²) in [4.78, 5) is 23.8. The Balaban J connectivity index is 2.60. The van der Waals surface area contributed by atoms with E-state index in [0.29, 0.717) is 11.3 Å². The molecule has 0 aromatic heterocycles. The molecule has 0 saturated heterocycles. The van der Waals surface area contributed by atoms with Crippen LogP contribution in [0.25, 0.3) is 0 Å². The van der Waals surface area contributed by atoms with Gasteiger partial charge in [-0.25, -0.2) is 0 Å². The molecule has 94 valence electrons. The van der Waals surface area contributed by atoms with Gasteiger partial charge in [-0.05, 0) is 19.2 Å². The van der Waals surface area contributed by atoms with Crippen LogP contribution in [0.1, 0.15) is 5.56 Å². The number of amides is 2. The Morgan fingerprint density at radius 1 is 1.39 bits per heavy atom. The van der Waals surface area contributed by atoms with Gasteiger partial charge in [0.1, 0.15) is 6.07 Å². The molecule has 18 heavy (non-hydrogen) atoms. The normalized spacial score (nSPS) is 9.83. The molecule has 0 unspecified atom stereocenters. The van der Waals surface area contributed by atoms with E-state index < -0.39 is 5.91 Å². The first-order valence-electron chi connectivity index (χ1n) is 5.28. The predicted molar refractivity (Wildman–Crippen MR) is 66.5 cm³/mol. The van der Waals surface area contributed by atoms with Gasteiger partial charge in [0.05, 0.1) is 24.3 Å². The zero-order chi connectivity index (χ0) is 13.5. The van der Waals surface area contributed by atoms with Crippen molar-refractivity contribution in [2.75, 3.05) is 25.5 Å². The van der Waals surface area contributed by atoms with E-state index in [1.54, 1.807) is 31.3 Å². The third kappa shape index (κ3) is 4.23. The zero-order valence-corrected chi connectivity index (χ0v) is 10.0. The molecular formula is C12H14N4O2. The average molecular weight is 246 g/mol. The molecule has 1 rings (SSSR count). The molecule has 0 radical (unpaired) electrons. The van der Waals surface area contributed by atoms with Crippen molar-refractivity contribution in [3.63, 3.8) is 0 Å². The lowest BCUT2D eigenvalue weighted by molar-refractivity contribution is -0.120. The highest BCUT2D eigenvalue weighted by atomic mass is 16.2. The first-order chi connectivity index (χ1) is 8.52. The number of carbonyl (C=O) groups is 2. The van der Waals surface area contributed by atoms with Gasteiger partial charge in [-0.1, -0.05) is 12.1 Å². The van der Waals surface area contributed by atoms with Gasteiger partial charge in [-0.2, -0.15) is 5.26 Å². The maximum absolute atomic E-state index is 11.7. The third-order valence-corrected chi connectivity index (χ3v) is 2.16. The monoisotopic (exact) mass is 246 g/mol. The molecule has 0 saturated carbocycles. The number of nitrogens with two attached hydrogens (primary N) is 1. The number of hydrogen-bond donors (Lipinski definition) is 2. The predicted octanol–water partition coefficient (Wildman–Crippen LogP) is -0.0861. The smallest absolute Gasteiger partial charge is 0.238 e. The van der Waals surface area contributed by atoms with E-state index in [2.05, 4.69) is 5.32 Å². The number of benzene rings is 1. The van der Waals surface area contributed by atoms with E-state index >= 15 is 0 Å². The number of carbonyl (C=O) groups excluding carboxylic acids is 2. The van der Waals surface area contributed by atoms with E-state index in [9.17, 15) is 9.59 Å². The standard InChI is InChI=1S/C12H14N4O2/c1-16(7-11(14)17)8-12(18)15-10-5-3-2-4-9(10)6-13/h2-5H,7-8H2,1H3,(H2,14,17)(H,15,18). The second kappa shape index (κ2) is 6.37. The highest BCUT2D eigenvalue weighted by Crippen LogP contribution is 2.13. The van der Waals surface area contributed by atoms with Gasteiger partial charge in [0, 0.05) is 0 Å². The molecule has 3 N–H and O–H groups in total. The summed E-state index contributed by atoms with van der Waals surface area (Å²) >= 11 is 0. The summed E-state index contributed by atoms with van der Waals surface area (Å²) in [5.41, 5.74) is 5.86. The van der Waals surface area contributed by atoms with Crippen LogP contribution < -0.4 is 11.1 Å². The molecule has 0 heterocycles. The first kappa shape index (κ1) is 13.7. The van der Waals surface area contributed by atoms with Gasteiger partial charge in [0.15, 0.2) is 0 Å². The average Bonchev–Trinajstić information content (AvgIpc) is 2.28. The highest BCUT2D eigenvalue weighted by molar-refractivity contribution is 5.93. The Kier molecular flexibility index (Phi) is 4.84. The highest BCUT2D eigenvalue weighted by Gasteiger charge is 2.10. The van der Waals surface area contributed by atoms with Crippen molar-refractivity contribution in [1.29, 1.82) is 5.26 Å². The lowest BCUT2D eigenvalue weighted by atomic mass is 10.2. The number of anilines is 1. The Bertz CT molecular complexity index is 493. The Morgan fingerprint density at radius 3 is 2.67 bits per heavy atom. The number of likely N-dealkylation sites (N-methyl/N-ethyl adjacent to an activating group) is 1. The minimum absolute atomic E-state index is 0.00726. The summed E-state index contributed by atoms with van der Waals surface area (Å²) in [6.45, 7) is 0.0377. The van der Waals surface area contributed by atoms with Crippen molar-refractivity contribution < 1.29 is 9.59 Å². The molecule has 1 aromatic rings. The van der Waals surface area contributed by atoms with Crippen molar-refractivity contribution in [2.45, 2.75) is 0 Å². The van der Waals surface area contributed by atoms with E-state index in [1.165, 1.54) is 4.90 Å². The topological polar surface area (TPSA) is 99.2 Å². The summed E-state index contributed by atoms with van der Waals surface area (Å²) in [5, 5.41) is 11.5. The number of nitriles is 1. The third-order valence-electron chi connectivity index (χ3n) is 2.16. The van der Waals surface area contributed by atoms with Crippen LogP contribution in [0.3, 0.4) is 0 Å². The van der Waals surface area contributed by atoms with Crippen molar-refractivity contribution in [1.82, 2.24) is 4.90 Å². The maximum atomic E-state index is 11.7. The SMILES string of the molecule is CN(CC(N)=O)CC(=O)Nc1ccccc1C#N. The van der Waals surface area contributed by atoms with E-state index in [-0.39, 0.29) is 19.0 Å². The lowest BCUT2D eigenvalue weighted by Gasteiger charge is -2.14. The Morgan fingerprint density at radius 2 is 2.06 bits per heavy atom. The zero-order valence-electron chi connectivity index (χ0n) is 10.0. The molecule has 0 spiro atoms. The van der Waals surface area contributed by atoms with Crippen LogP contribution in [0.2, 0.25) is 0 Å². The number of rotatable bonds is 5. The van der Waals surface area contributed by atoms with E-state index in [4.69, 9.17) is 11.0 Å². The molecule has 2 amide bonds. The molecule has 0 fully saturated rings. The van der Waals surface area contributed by atoms with Crippen LogP contribution in [0.5, 0.6) is 0 Å².